The molecule has 0 saturated carbocycles. The van der Waals surface area contributed by atoms with Crippen LogP contribution in [0.4, 0.5) is 0 Å². The highest BCUT2D eigenvalue weighted by molar-refractivity contribution is 6.28. The van der Waals surface area contributed by atoms with Crippen LogP contribution in [0.15, 0.2) is 23.8 Å². The summed E-state index contributed by atoms with van der Waals surface area (Å²) in [5.74, 6) is -0.0640. The number of hydrogen-bond acceptors (Lipinski definition) is 2. The molecule has 0 aliphatic heterocycles. The highest BCUT2D eigenvalue weighted by atomic mass is 35.5. The summed E-state index contributed by atoms with van der Waals surface area (Å²) in [5, 5.41) is 8.49. The second-order valence-electron chi connectivity index (χ2n) is 2.57. The molecule has 62 valence electrons. The number of carbonyl (C=O) groups is 1. The van der Waals surface area contributed by atoms with Crippen molar-refractivity contribution in [2.75, 3.05) is 5.88 Å². The number of allylic oxidation sites excluding steroid dienone is 4. The zero-order chi connectivity index (χ0) is 8.97. The SMILES string of the molecule is N#CC1=CCC(C(=O)CCl)C=C1. The summed E-state index contributed by atoms with van der Waals surface area (Å²) in [5.41, 5.74) is 0.619. The van der Waals surface area contributed by atoms with Crippen molar-refractivity contribution in [3.8, 4) is 6.07 Å². The smallest absolute Gasteiger partial charge is 0.154 e. The van der Waals surface area contributed by atoms with Crippen LogP contribution in [0.2, 0.25) is 0 Å². The van der Waals surface area contributed by atoms with Gasteiger partial charge < -0.3 is 0 Å². The molecule has 0 aromatic carbocycles. The molecule has 0 aromatic rings. The zero-order valence-electron chi connectivity index (χ0n) is 6.46. The molecule has 12 heavy (non-hydrogen) atoms. The van der Waals surface area contributed by atoms with E-state index in [-0.39, 0.29) is 17.6 Å². The maximum absolute atomic E-state index is 11.1. The van der Waals surface area contributed by atoms with Crippen molar-refractivity contribution in [3.05, 3.63) is 23.8 Å². The lowest BCUT2D eigenvalue weighted by atomic mass is 9.94. The monoisotopic (exact) mass is 181 g/mol. The minimum absolute atomic E-state index is 0.0150. The van der Waals surface area contributed by atoms with Crippen molar-refractivity contribution in [1.29, 1.82) is 5.26 Å². The van der Waals surface area contributed by atoms with E-state index >= 15 is 0 Å². The first-order valence-electron chi connectivity index (χ1n) is 3.65. The van der Waals surface area contributed by atoms with Crippen molar-refractivity contribution in [2.24, 2.45) is 5.92 Å². The number of alkyl halides is 1. The fourth-order valence-corrected chi connectivity index (χ4v) is 1.24. The van der Waals surface area contributed by atoms with Gasteiger partial charge in [-0.25, -0.2) is 0 Å². The molecule has 0 aromatic heterocycles. The number of nitriles is 1. The Labute approximate surface area is 76.1 Å². The lowest BCUT2D eigenvalue weighted by molar-refractivity contribution is -0.119. The largest absolute Gasteiger partial charge is 0.298 e. The van der Waals surface area contributed by atoms with E-state index in [1.54, 1.807) is 18.2 Å². The Morgan fingerprint density at radius 2 is 2.58 bits per heavy atom. The van der Waals surface area contributed by atoms with Gasteiger partial charge in [0.2, 0.25) is 0 Å². The maximum atomic E-state index is 11.1. The summed E-state index contributed by atoms with van der Waals surface area (Å²) in [6.45, 7) is 0. The van der Waals surface area contributed by atoms with Gasteiger partial charge in [0, 0.05) is 11.5 Å². The summed E-state index contributed by atoms with van der Waals surface area (Å²) < 4.78 is 0. The maximum Gasteiger partial charge on any atom is 0.154 e. The number of ketones is 1. The summed E-state index contributed by atoms with van der Waals surface area (Å²) in [4.78, 5) is 11.1. The van der Waals surface area contributed by atoms with Gasteiger partial charge in [-0.1, -0.05) is 12.2 Å². The third-order valence-electron chi connectivity index (χ3n) is 1.77. The van der Waals surface area contributed by atoms with Crippen LogP contribution < -0.4 is 0 Å². The second-order valence-corrected chi connectivity index (χ2v) is 2.84. The van der Waals surface area contributed by atoms with Crippen LogP contribution in [0.25, 0.3) is 0 Å². The standard InChI is InChI=1S/C9H8ClNO/c10-5-9(12)8-3-1-7(6-11)2-4-8/h1-3,8H,4-5H2. The Hall–Kier alpha value is -1.07. The van der Waals surface area contributed by atoms with Gasteiger partial charge in [0.15, 0.2) is 5.78 Å². The van der Waals surface area contributed by atoms with Crippen LogP contribution in [0.5, 0.6) is 0 Å². The topological polar surface area (TPSA) is 40.9 Å². The normalized spacial score (nSPS) is 21.3. The number of rotatable bonds is 2. The van der Waals surface area contributed by atoms with Crippen molar-refractivity contribution in [3.63, 3.8) is 0 Å². The molecule has 0 N–H and O–H groups in total. The van der Waals surface area contributed by atoms with Crippen LogP contribution in [0.1, 0.15) is 6.42 Å². The number of nitrogens with zero attached hydrogens (tertiary/aromatic N) is 1. The third-order valence-corrected chi connectivity index (χ3v) is 2.04. The van der Waals surface area contributed by atoms with Gasteiger partial charge in [-0.15, -0.1) is 11.6 Å². The molecule has 1 atom stereocenters. The molecule has 3 heteroatoms. The number of halogens is 1. The summed E-state index contributed by atoms with van der Waals surface area (Å²) in [6, 6.07) is 2.01. The Morgan fingerprint density at radius 1 is 1.83 bits per heavy atom. The van der Waals surface area contributed by atoms with Gasteiger partial charge in [0.05, 0.1) is 11.9 Å². The van der Waals surface area contributed by atoms with Gasteiger partial charge in [0.25, 0.3) is 0 Å². The fraction of sp³-hybridized carbons (Fsp3) is 0.333. The lowest BCUT2D eigenvalue weighted by Gasteiger charge is -2.10. The lowest BCUT2D eigenvalue weighted by Crippen LogP contribution is -2.14. The Bertz CT molecular complexity index is 285. The molecule has 1 aliphatic carbocycles. The van der Waals surface area contributed by atoms with E-state index in [1.165, 1.54) is 0 Å². The molecule has 0 bridgehead atoms. The van der Waals surface area contributed by atoms with Crippen LogP contribution in [0.3, 0.4) is 0 Å². The highest BCUT2D eigenvalue weighted by Gasteiger charge is 2.15. The Morgan fingerprint density at radius 3 is 3.00 bits per heavy atom. The van der Waals surface area contributed by atoms with Crippen molar-refractivity contribution in [1.82, 2.24) is 0 Å². The second kappa shape index (κ2) is 4.08. The molecule has 0 heterocycles. The molecule has 1 rings (SSSR count). The van der Waals surface area contributed by atoms with Gasteiger partial charge >= 0.3 is 0 Å². The Kier molecular flexibility index (Phi) is 3.07. The Balaban J connectivity index is 2.61. The average molecular weight is 182 g/mol. The molecule has 0 radical (unpaired) electrons. The molecule has 1 aliphatic rings. The van der Waals surface area contributed by atoms with Crippen LogP contribution in [-0.2, 0) is 4.79 Å². The van der Waals surface area contributed by atoms with E-state index in [1.807, 2.05) is 6.07 Å². The van der Waals surface area contributed by atoms with Gasteiger partial charge in [-0.3, -0.25) is 4.79 Å². The molecular formula is C9H8ClNO. The van der Waals surface area contributed by atoms with Crippen molar-refractivity contribution in [2.45, 2.75) is 6.42 Å². The summed E-state index contributed by atoms with van der Waals surface area (Å²) in [6.07, 6.45) is 5.77. The number of Topliss-reactive ketones (excluding diaryl/α,β-unsaturated/α-hetero) is 1. The first-order chi connectivity index (χ1) is 5.77. The fourth-order valence-electron chi connectivity index (χ4n) is 1.04. The number of hydrogen-bond donors (Lipinski definition) is 0. The summed E-state index contributed by atoms with van der Waals surface area (Å²) >= 11 is 5.39. The molecular weight excluding hydrogens is 174 g/mol. The van der Waals surface area contributed by atoms with E-state index in [4.69, 9.17) is 16.9 Å². The predicted molar refractivity (Wildman–Crippen MR) is 46.7 cm³/mol. The minimum Gasteiger partial charge on any atom is -0.298 e. The predicted octanol–water partition coefficient (Wildman–Crippen LogP) is 1.82. The van der Waals surface area contributed by atoms with E-state index in [2.05, 4.69) is 0 Å². The molecule has 2 nitrogen and oxygen atoms in total. The van der Waals surface area contributed by atoms with E-state index in [0.717, 1.165) is 0 Å². The quantitative estimate of drug-likeness (QED) is 0.610. The zero-order valence-corrected chi connectivity index (χ0v) is 7.21. The van der Waals surface area contributed by atoms with Crippen molar-refractivity contribution < 1.29 is 4.79 Å². The number of carbonyl (C=O) groups excluding carboxylic acids is 1. The third kappa shape index (κ3) is 1.96. The summed E-state index contributed by atoms with van der Waals surface area (Å²) in [7, 11) is 0. The molecule has 0 saturated heterocycles. The first kappa shape index (κ1) is 9.02. The molecule has 0 fully saturated rings. The molecule has 1 unspecified atom stereocenters. The van der Waals surface area contributed by atoms with E-state index in [0.29, 0.717) is 12.0 Å². The van der Waals surface area contributed by atoms with Crippen LogP contribution >= 0.6 is 11.6 Å². The minimum atomic E-state index is -0.125. The molecule has 0 amide bonds. The van der Waals surface area contributed by atoms with Crippen LogP contribution in [0, 0.1) is 17.2 Å². The van der Waals surface area contributed by atoms with Gasteiger partial charge in [0.1, 0.15) is 0 Å². The van der Waals surface area contributed by atoms with Crippen molar-refractivity contribution >= 4 is 17.4 Å². The van der Waals surface area contributed by atoms with Gasteiger partial charge in [-0.05, 0) is 12.5 Å². The van der Waals surface area contributed by atoms with E-state index in [9.17, 15) is 4.79 Å². The van der Waals surface area contributed by atoms with E-state index < -0.39 is 0 Å². The van der Waals surface area contributed by atoms with Gasteiger partial charge in [-0.2, -0.15) is 5.26 Å². The first-order valence-corrected chi connectivity index (χ1v) is 4.18. The molecule has 0 spiro atoms. The average Bonchev–Trinajstić information content (AvgIpc) is 2.17. The highest BCUT2D eigenvalue weighted by Crippen LogP contribution is 2.16. The van der Waals surface area contributed by atoms with Crippen LogP contribution in [-0.4, -0.2) is 11.7 Å².